The molecule has 1 aromatic carbocycles. The van der Waals surface area contributed by atoms with Crippen molar-refractivity contribution in [3.63, 3.8) is 0 Å². The highest BCUT2D eigenvalue weighted by molar-refractivity contribution is 7.17. The van der Waals surface area contributed by atoms with Crippen molar-refractivity contribution in [1.29, 1.82) is 0 Å². The Hall–Kier alpha value is -2.46. The number of ketones is 1. The van der Waals surface area contributed by atoms with Crippen LogP contribution in [0.2, 0.25) is 0 Å². The zero-order valence-electron chi connectivity index (χ0n) is 13.1. The number of phenols is 1. The number of aromatic hydroxyl groups is 1. The number of benzene rings is 1. The lowest BCUT2D eigenvalue weighted by Crippen LogP contribution is -2.01. The minimum atomic E-state index is 0.207. The van der Waals surface area contributed by atoms with E-state index in [0.717, 1.165) is 39.3 Å². The molecule has 1 unspecified atom stereocenters. The number of Topliss-reactive ketones (excluding diaryl/α,β-unsaturated/α-hetero) is 1. The van der Waals surface area contributed by atoms with Crippen LogP contribution in [0.3, 0.4) is 0 Å². The van der Waals surface area contributed by atoms with Crippen molar-refractivity contribution < 1.29 is 9.90 Å². The summed E-state index contributed by atoms with van der Waals surface area (Å²) in [5, 5.41) is 9.54. The van der Waals surface area contributed by atoms with E-state index in [-0.39, 0.29) is 17.5 Å². The molecule has 24 heavy (non-hydrogen) atoms. The highest BCUT2D eigenvalue weighted by Gasteiger charge is 2.27. The summed E-state index contributed by atoms with van der Waals surface area (Å²) in [4.78, 5) is 18.6. The standard InChI is InChI=1S/C20H17NO2S/c22-15-6-4-13(5-7-15)16-2-1-3-18(23)20-17(16)12-19(24-20)14-8-10-21-11-9-14/h4-12,16,22H,1-3H2. The molecule has 0 saturated heterocycles. The second-order valence-corrected chi connectivity index (χ2v) is 7.14. The lowest BCUT2D eigenvalue weighted by molar-refractivity contribution is 0.0986. The molecule has 0 spiro atoms. The molecule has 1 aliphatic rings. The van der Waals surface area contributed by atoms with Gasteiger partial charge in [-0.05, 0) is 59.9 Å². The molecule has 0 bridgehead atoms. The van der Waals surface area contributed by atoms with E-state index in [4.69, 9.17) is 0 Å². The van der Waals surface area contributed by atoms with E-state index in [0.29, 0.717) is 6.42 Å². The van der Waals surface area contributed by atoms with E-state index in [9.17, 15) is 9.90 Å². The predicted molar refractivity (Wildman–Crippen MR) is 95.7 cm³/mol. The second-order valence-electron chi connectivity index (χ2n) is 6.09. The third-order valence-corrected chi connectivity index (χ3v) is 5.79. The number of hydrogen-bond donors (Lipinski definition) is 1. The van der Waals surface area contributed by atoms with E-state index in [2.05, 4.69) is 11.1 Å². The van der Waals surface area contributed by atoms with Crippen molar-refractivity contribution in [3.05, 3.63) is 70.9 Å². The van der Waals surface area contributed by atoms with Gasteiger partial charge in [-0.2, -0.15) is 0 Å². The van der Waals surface area contributed by atoms with Crippen LogP contribution < -0.4 is 0 Å². The second kappa shape index (κ2) is 6.21. The van der Waals surface area contributed by atoms with Crippen LogP contribution in [0.4, 0.5) is 0 Å². The summed E-state index contributed by atoms with van der Waals surface area (Å²) in [6, 6.07) is 13.5. The Balaban J connectivity index is 1.82. The summed E-state index contributed by atoms with van der Waals surface area (Å²) >= 11 is 1.58. The number of pyridine rings is 1. The number of phenolic OH excluding ortho intramolecular Hbond substituents is 1. The molecule has 0 saturated carbocycles. The molecule has 1 atom stereocenters. The molecule has 0 amide bonds. The number of nitrogens with zero attached hydrogens (tertiary/aromatic N) is 1. The highest BCUT2D eigenvalue weighted by Crippen LogP contribution is 2.42. The fraction of sp³-hybridized carbons (Fsp3) is 0.200. The largest absolute Gasteiger partial charge is 0.508 e. The number of aromatic nitrogens is 1. The van der Waals surface area contributed by atoms with Gasteiger partial charge in [-0.25, -0.2) is 0 Å². The molecule has 3 nitrogen and oxygen atoms in total. The van der Waals surface area contributed by atoms with Crippen molar-refractivity contribution in [2.75, 3.05) is 0 Å². The molecule has 120 valence electrons. The number of thiophene rings is 1. The molecular weight excluding hydrogens is 318 g/mol. The molecule has 1 aliphatic carbocycles. The van der Waals surface area contributed by atoms with Crippen LogP contribution in [-0.4, -0.2) is 15.9 Å². The molecule has 3 aromatic rings. The van der Waals surface area contributed by atoms with Gasteiger partial charge in [0.15, 0.2) is 5.78 Å². The molecule has 0 fully saturated rings. The van der Waals surface area contributed by atoms with Crippen LogP contribution in [0.1, 0.15) is 46.0 Å². The average molecular weight is 335 g/mol. The Morgan fingerprint density at radius 3 is 2.58 bits per heavy atom. The molecular formula is C20H17NO2S. The van der Waals surface area contributed by atoms with Gasteiger partial charge in [-0.1, -0.05) is 12.1 Å². The number of carbonyl (C=O) groups excluding carboxylic acids is 1. The van der Waals surface area contributed by atoms with Crippen LogP contribution in [0.25, 0.3) is 10.4 Å². The van der Waals surface area contributed by atoms with Crippen LogP contribution in [0, 0.1) is 0 Å². The topological polar surface area (TPSA) is 50.2 Å². The van der Waals surface area contributed by atoms with E-state index in [1.54, 1.807) is 35.9 Å². The van der Waals surface area contributed by atoms with Crippen molar-refractivity contribution in [2.45, 2.75) is 25.2 Å². The quantitative estimate of drug-likeness (QED) is 0.669. The van der Waals surface area contributed by atoms with E-state index < -0.39 is 0 Å². The Morgan fingerprint density at radius 1 is 1.08 bits per heavy atom. The number of rotatable bonds is 2. The van der Waals surface area contributed by atoms with Gasteiger partial charge in [0.2, 0.25) is 0 Å². The zero-order chi connectivity index (χ0) is 16.5. The first-order valence-electron chi connectivity index (χ1n) is 8.08. The summed E-state index contributed by atoms with van der Waals surface area (Å²) in [5.74, 6) is 0.724. The fourth-order valence-corrected chi connectivity index (χ4v) is 4.52. The maximum Gasteiger partial charge on any atom is 0.173 e. The first kappa shape index (κ1) is 15.1. The van der Waals surface area contributed by atoms with Crippen molar-refractivity contribution in [1.82, 2.24) is 4.98 Å². The van der Waals surface area contributed by atoms with Gasteiger partial charge < -0.3 is 5.11 Å². The summed E-state index contributed by atoms with van der Waals surface area (Å²) in [6.45, 7) is 0. The van der Waals surface area contributed by atoms with E-state index in [1.807, 2.05) is 24.3 Å². The van der Waals surface area contributed by atoms with Gasteiger partial charge in [-0.15, -0.1) is 11.3 Å². The van der Waals surface area contributed by atoms with E-state index in [1.165, 1.54) is 0 Å². The fourth-order valence-electron chi connectivity index (χ4n) is 3.33. The number of carbonyl (C=O) groups is 1. The Morgan fingerprint density at radius 2 is 1.83 bits per heavy atom. The maximum atomic E-state index is 12.5. The summed E-state index contributed by atoms with van der Waals surface area (Å²) < 4.78 is 0. The number of hydrogen-bond acceptors (Lipinski definition) is 4. The van der Waals surface area contributed by atoms with Crippen LogP contribution in [0.15, 0.2) is 54.9 Å². The van der Waals surface area contributed by atoms with E-state index >= 15 is 0 Å². The summed E-state index contributed by atoms with van der Waals surface area (Å²) in [7, 11) is 0. The van der Waals surface area contributed by atoms with Crippen molar-refractivity contribution in [2.24, 2.45) is 0 Å². The molecule has 2 heterocycles. The van der Waals surface area contributed by atoms with Crippen LogP contribution >= 0.6 is 11.3 Å². The Labute approximate surface area is 144 Å². The van der Waals surface area contributed by atoms with Crippen molar-refractivity contribution >= 4 is 17.1 Å². The third-order valence-electron chi connectivity index (χ3n) is 4.55. The molecule has 4 heteroatoms. The third kappa shape index (κ3) is 2.74. The zero-order valence-corrected chi connectivity index (χ0v) is 13.9. The van der Waals surface area contributed by atoms with Gasteiger partial charge >= 0.3 is 0 Å². The van der Waals surface area contributed by atoms with Crippen molar-refractivity contribution in [3.8, 4) is 16.2 Å². The SMILES string of the molecule is O=C1CCCC(c2ccc(O)cc2)c2cc(-c3ccncc3)sc21. The first-order valence-corrected chi connectivity index (χ1v) is 8.90. The normalized spacial score (nSPS) is 17.3. The summed E-state index contributed by atoms with van der Waals surface area (Å²) in [5.41, 5.74) is 3.38. The average Bonchev–Trinajstić information content (AvgIpc) is 2.99. The molecule has 4 rings (SSSR count). The van der Waals surface area contributed by atoms with Gasteiger partial charge in [0.05, 0.1) is 4.88 Å². The van der Waals surface area contributed by atoms with Gasteiger partial charge in [0.1, 0.15) is 5.75 Å². The van der Waals surface area contributed by atoms with Crippen LogP contribution in [0.5, 0.6) is 5.75 Å². The van der Waals surface area contributed by atoms with Crippen LogP contribution in [-0.2, 0) is 0 Å². The lowest BCUT2D eigenvalue weighted by atomic mass is 9.88. The molecule has 0 radical (unpaired) electrons. The molecule has 2 aromatic heterocycles. The molecule has 1 N–H and O–H groups in total. The Bertz CT molecular complexity index is 868. The van der Waals surface area contributed by atoms with Gasteiger partial charge in [0, 0.05) is 29.6 Å². The minimum absolute atomic E-state index is 0.207. The minimum Gasteiger partial charge on any atom is -0.508 e. The number of fused-ring (bicyclic) bond motifs is 1. The predicted octanol–water partition coefficient (Wildman–Crippen LogP) is 5.01. The smallest absolute Gasteiger partial charge is 0.173 e. The highest BCUT2D eigenvalue weighted by atomic mass is 32.1. The summed E-state index contributed by atoms with van der Waals surface area (Å²) in [6.07, 6.45) is 6.02. The lowest BCUT2D eigenvalue weighted by Gasteiger charge is -2.15. The Kier molecular flexibility index (Phi) is 3.90. The first-order chi connectivity index (χ1) is 11.7. The molecule has 0 aliphatic heterocycles. The monoisotopic (exact) mass is 335 g/mol. The maximum absolute atomic E-state index is 12.5. The van der Waals surface area contributed by atoms with Gasteiger partial charge in [0.25, 0.3) is 0 Å². The van der Waals surface area contributed by atoms with Gasteiger partial charge in [-0.3, -0.25) is 9.78 Å².